The van der Waals surface area contributed by atoms with E-state index in [-0.39, 0.29) is 6.61 Å². The van der Waals surface area contributed by atoms with E-state index in [1.807, 2.05) is 24.3 Å². The number of carboxylic acid groups (broad SMARTS) is 1. The van der Waals surface area contributed by atoms with Crippen molar-refractivity contribution in [2.45, 2.75) is 5.54 Å². The Morgan fingerprint density at radius 2 is 2.20 bits per heavy atom. The summed E-state index contributed by atoms with van der Waals surface area (Å²) in [4.78, 5) is 17.4. The SMILES string of the molecule is COc1cccc(C2(COc3cccnc3)CNCCN2C(=O)O)c1. The number of ether oxygens (including phenoxy) is 2. The first kappa shape index (κ1) is 17.0. The van der Waals surface area contributed by atoms with E-state index in [4.69, 9.17) is 9.47 Å². The third-order valence-corrected chi connectivity index (χ3v) is 4.40. The maximum Gasteiger partial charge on any atom is 0.408 e. The van der Waals surface area contributed by atoms with Gasteiger partial charge in [-0.1, -0.05) is 12.1 Å². The Morgan fingerprint density at radius 3 is 2.92 bits per heavy atom. The summed E-state index contributed by atoms with van der Waals surface area (Å²) < 4.78 is 11.2. The molecule has 25 heavy (non-hydrogen) atoms. The molecule has 132 valence electrons. The van der Waals surface area contributed by atoms with Gasteiger partial charge in [0.2, 0.25) is 0 Å². The third kappa shape index (κ3) is 3.51. The Hall–Kier alpha value is -2.80. The fraction of sp³-hybridized carbons (Fsp3) is 0.333. The Balaban J connectivity index is 1.98. The molecular formula is C18H21N3O4. The quantitative estimate of drug-likeness (QED) is 0.863. The highest BCUT2D eigenvalue weighted by Crippen LogP contribution is 2.33. The van der Waals surface area contributed by atoms with Crippen LogP contribution in [-0.4, -0.2) is 54.4 Å². The minimum absolute atomic E-state index is 0.172. The number of pyridine rings is 1. The summed E-state index contributed by atoms with van der Waals surface area (Å²) in [5.41, 5.74) is -0.0283. The van der Waals surface area contributed by atoms with Gasteiger partial charge in [-0.15, -0.1) is 0 Å². The maximum absolute atomic E-state index is 11.9. The highest BCUT2D eigenvalue weighted by atomic mass is 16.5. The molecule has 0 radical (unpaired) electrons. The van der Waals surface area contributed by atoms with E-state index >= 15 is 0 Å². The molecule has 3 rings (SSSR count). The van der Waals surface area contributed by atoms with Crippen molar-refractivity contribution in [3.63, 3.8) is 0 Å². The summed E-state index contributed by atoms with van der Waals surface area (Å²) in [6, 6.07) is 11.0. The maximum atomic E-state index is 11.9. The van der Waals surface area contributed by atoms with Gasteiger partial charge in [0.1, 0.15) is 23.6 Å². The number of hydrogen-bond donors (Lipinski definition) is 2. The second-order valence-electron chi connectivity index (χ2n) is 5.85. The van der Waals surface area contributed by atoms with Crippen LogP contribution in [0.5, 0.6) is 11.5 Å². The van der Waals surface area contributed by atoms with E-state index in [9.17, 15) is 9.90 Å². The molecule has 2 aromatic rings. The van der Waals surface area contributed by atoms with Gasteiger partial charge in [-0.25, -0.2) is 4.79 Å². The number of nitrogens with one attached hydrogen (secondary N) is 1. The normalized spacial score (nSPS) is 20.1. The Bertz CT molecular complexity index is 725. The Morgan fingerprint density at radius 1 is 1.36 bits per heavy atom. The first-order chi connectivity index (χ1) is 12.2. The smallest absolute Gasteiger partial charge is 0.408 e. The van der Waals surface area contributed by atoms with Gasteiger partial charge < -0.3 is 19.9 Å². The Kier molecular flexibility index (Phi) is 5.04. The molecule has 1 aliphatic rings. The standard InChI is InChI=1S/C18H21N3O4/c1-24-15-5-2-4-14(10-15)18(12-20-8-9-21(18)17(22)23)13-25-16-6-3-7-19-11-16/h2-7,10-11,20H,8-9,12-13H2,1H3,(H,22,23). The number of hydrogen-bond acceptors (Lipinski definition) is 5. The number of amides is 1. The van der Waals surface area contributed by atoms with Crippen LogP contribution in [0.2, 0.25) is 0 Å². The second kappa shape index (κ2) is 7.40. The lowest BCUT2D eigenvalue weighted by atomic mass is 9.87. The zero-order valence-corrected chi connectivity index (χ0v) is 14.0. The number of methoxy groups -OCH3 is 1. The number of aromatic nitrogens is 1. The highest BCUT2D eigenvalue weighted by Gasteiger charge is 2.44. The van der Waals surface area contributed by atoms with Crippen LogP contribution in [0.15, 0.2) is 48.8 Å². The zero-order valence-electron chi connectivity index (χ0n) is 14.0. The summed E-state index contributed by atoms with van der Waals surface area (Å²) in [6.45, 7) is 1.60. The fourth-order valence-electron chi connectivity index (χ4n) is 3.09. The average molecular weight is 343 g/mol. The minimum atomic E-state index is -0.973. The molecule has 0 aliphatic carbocycles. The van der Waals surface area contributed by atoms with Gasteiger partial charge in [0, 0.05) is 25.8 Å². The Labute approximate surface area is 146 Å². The van der Waals surface area contributed by atoms with Gasteiger partial charge in [-0.05, 0) is 29.8 Å². The molecule has 2 N–H and O–H groups in total. The molecule has 1 saturated heterocycles. The number of nitrogens with zero attached hydrogens (tertiary/aromatic N) is 2. The average Bonchev–Trinajstić information content (AvgIpc) is 2.67. The van der Waals surface area contributed by atoms with E-state index in [0.717, 1.165) is 5.56 Å². The molecular weight excluding hydrogens is 322 g/mol. The number of carbonyl (C=O) groups is 1. The molecule has 1 aromatic heterocycles. The van der Waals surface area contributed by atoms with Crippen LogP contribution in [0, 0.1) is 0 Å². The number of rotatable bonds is 5. The van der Waals surface area contributed by atoms with E-state index in [1.165, 1.54) is 4.90 Å². The lowest BCUT2D eigenvalue weighted by Gasteiger charge is -2.45. The topological polar surface area (TPSA) is 83.9 Å². The predicted molar refractivity (Wildman–Crippen MR) is 92.0 cm³/mol. The molecule has 7 heteroatoms. The van der Waals surface area contributed by atoms with Crippen LogP contribution >= 0.6 is 0 Å². The predicted octanol–water partition coefficient (Wildman–Crippen LogP) is 1.95. The van der Waals surface area contributed by atoms with Crippen molar-refractivity contribution in [2.24, 2.45) is 0 Å². The van der Waals surface area contributed by atoms with Crippen LogP contribution in [-0.2, 0) is 5.54 Å². The third-order valence-electron chi connectivity index (χ3n) is 4.40. The molecule has 0 spiro atoms. The highest BCUT2D eigenvalue weighted by molar-refractivity contribution is 5.67. The van der Waals surface area contributed by atoms with Crippen LogP contribution in [0.4, 0.5) is 4.79 Å². The van der Waals surface area contributed by atoms with Crippen LogP contribution < -0.4 is 14.8 Å². The van der Waals surface area contributed by atoms with E-state index < -0.39 is 11.6 Å². The lowest BCUT2D eigenvalue weighted by molar-refractivity contribution is 0.0217. The largest absolute Gasteiger partial charge is 0.497 e. The molecule has 1 atom stereocenters. The first-order valence-electron chi connectivity index (χ1n) is 8.04. The van der Waals surface area contributed by atoms with E-state index in [2.05, 4.69) is 10.3 Å². The van der Waals surface area contributed by atoms with E-state index in [0.29, 0.717) is 31.1 Å². The minimum Gasteiger partial charge on any atom is -0.497 e. The number of benzene rings is 1. The molecule has 1 amide bonds. The van der Waals surface area contributed by atoms with Crippen molar-refractivity contribution in [1.82, 2.24) is 15.2 Å². The molecule has 1 aliphatic heterocycles. The zero-order chi connectivity index (χ0) is 17.7. The second-order valence-corrected chi connectivity index (χ2v) is 5.85. The molecule has 0 bridgehead atoms. The fourth-order valence-corrected chi connectivity index (χ4v) is 3.09. The summed E-state index contributed by atoms with van der Waals surface area (Å²) >= 11 is 0. The summed E-state index contributed by atoms with van der Waals surface area (Å²) in [5, 5.41) is 13.0. The molecule has 1 unspecified atom stereocenters. The summed E-state index contributed by atoms with van der Waals surface area (Å²) in [6.07, 6.45) is 2.30. The molecule has 0 saturated carbocycles. The molecule has 7 nitrogen and oxygen atoms in total. The van der Waals surface area contributed by atoms with Crippen LogP contribution in [0.25, 0.3) is 0 Å². The van der Waals surface area contributed by atoms with Gasteiger partial charge >= 0.3 is 6.09 Å². The monoisotopic (exact) mass is 343 g/mol. The van der Waals surface area contributed by atoms with Crippen molar-refractivity contribution in [2.75, 3.05) is 33.4 Å². The van der Waals surface area contributed by atoms with Crippen molar-refractivity contribution in [3.05, 3.63) is 54.4 Å². The summed E-state index contributed by atoms with van der Waals surface area (Å²) in [5.74, 6) is 1.27. The number of piperazine rings is 1. The van der Waals surface area contributed by atoms with Crippen molar-refractivity contribution in [1.29, 1.82) is 0 Å². The molecule has 1 aromatic carbocycles. The van der Waals surface area contributed by atoms with Crippen LogP contribution in [0.1, 0.15) is 5.56 Å². The van der Waals surface area contributed by atoms with Gasteiger partial charge in [-0.2, -0.15) is 0 Å². The van der Waals surface area contributed by atoms with Gasteiger partial charge in [0.15, 0.2) is 0 Å². The van der Waals surface area contributed by atoms with Gasteiger partial charge in [0.05, 0.1) is 13.3 Å². The molecule has 1 fully saturated rings. The van der Waals surface area contributed by atoms with Crippen molar-refractivity contribution in [3.8, 4) is 11.5 Å². The van der Waals surface area contributed by atoms with Gasteiger partial charge in [0.25, 0.3) is 0 Å². The van der Waals surface area contributed by atoms with Crippen LogP contribution in [0.3, 0.4) is 0 Å². The van der Waals surface area contributed by atoms with Crippen molar-refractivity contribution < 1.29 is 19.4 Å². The summed E-state index contributed by atoms with van der Waals surface area (Å²) in [7, 11) is 1.59. The first-order valence-corrected chi connectivity index (χ1v) is 8.04. The van der Waals surface area contributed by atoms with Crippen molar-refractivity contribution >= 4 is 6.09 Å². The van der Waals surface area contributed by atoms with Gasteiger partial charge in [-0.3, -0.25) is 9.88 Å². The molecule has 2 heterocycles. The van der Waals surface area contributed by atoms with E-state index in [1.54, 1.807) is 31.6 Å². The lowest BCUT2D eigenvalue weighted by Crippen LogP contribution is -2.63.